The summed E-state index contributed by atoms with van der Waals surface area (Å²) in [6.45, 7) is 12.2. The molecular formula is C27H37F2N5S. The molecule has 1 unspecified atom stereocenters. The fourth-order valence-corrected chi connectivity index (χ4v) is 5.17. The van der Waals surface area contributed by atoms with Gasteiger partial charge in [-0.3, -0.25) is 4.90 Å². The molecule has 0 radical (unpaired) electrons. The number of hydrogen-bond acceptors (Lipinski definition) is 6. The summed E-state index contributed by atoms with van der Waals surface area (Å²) in [7, 11) is 0. The highest BCUT2D eigenvalue weighted by molar-refractivity contribution is 7.18. The fraction of sp³-hybridized carbons (Fsp3) is 0.481. The van der Waals surface area contributed by atoms with Crippen LogP contribution < -0.4 is 10.6 Å². The molecule has 0 aliphatic heterocycles. The number of rotatable bonds is 12. The third-order valence-electron chi connectivity index (χ3n) is 6.29. The van der Waals surface area contributed by atoms with Crippen molar-refractivity contribution < 1.29 is 8.78 Å². The van der Waals surface area contributed by atoms with Gasteiger partial charge >= 0.3 is 0 Å². The summed E-state index contributed by atoms with van der Waals surface area (Å²) >= 11 is 1.68. The minimum Gasteiger partial charge on any atom is -0.390 e. The van der Waals surface area contributed by atoms with Gasteiger partial charge in [0.25, 0.3) is 0 Å². The first-order valence-corrected chi connectivity index (χ1v) is 13.4. The lowest BCUT2D eigenvalue weighted by molar-refractivity contribution is 0.131. The summed E-state index contributed by atoms with van der Waals surface area (Å²) < 4.78 is 28.3. The molecule has 2 N–H and O–H groups in total. The van der Waals surface area contributed by atoms with E-state index >= 15 is 0 Å². The molecule has 1 fully saturated rings. The number of alkyl halides is 1. The number of nitrogens with zero attached hydrogens (tertiary/aromatic N) is 3. The topological polar surface area (TPSA) is 53.1 Å². The van der Waals surface area contributed by atoms with Crippen molar-refractivity contribution in [3.63, 3.8) is 0 Å². The van der Waals surface area contributed by atoms with Gasteiger partial charge in [0.05, 0.1) is 5.39 Å². The van der Waals surface area contributed by atoms with Gasteiger partial charge in [0, 0.05) is 48.2 Å². The minimum atomic E-state index is -1.35. The van der Waals surface area contributed by atoms with E-state index in [1.165, 1.54) is 43.5 Å². The standard InChI is InChI=1S/C25H31F2N5S.C2H6/c1-3-28-11-13-32(19-7-5-8-19)12-10-20-14-22-24(30-16-31-25(22)33-20)29-15-18-6-4-9-21(17(2)26)23(18)27;1-2/h3-4,6,9,14,16-17,19,28H,1,5,7-8,10-13,15H2,2H3,(H,29,30,31);1-2H3. The molecule has 0 spiro atoms. The predicted octanol–water partition coefficient (Wildman–Crippen LogP) is 6.63. The highest BCUT2D eigenvalue weighted by Gasteiger charge is 2.24. The van der Waals surface area contributed by atoms with Gasteiger partial charge in [-0.05, 0) is 38.5 Å². The minimum absolute atomic E-state index is 0.0826. The summed E-state index contributed by atoms with van der Waals surface area (Å²) in [6, 6.07) is 7.66. The maximum absolute atomic E-state index is 14.6. The van der Waals surface area contributed by atoms with Crippen LogP contribution in [0.1, 0.15) is 62.2 Å². The highest BCUT2D eigenvalue weighted by atomic mass is 32.1. The van der Waals surface area contributed by atoms with Crippen LogP contribution in [-0.2, 0) is 13.0 Å². The third kappa shape index (κ3) is 6.98. The van der Waals surface area contributed by atoms with Gasteiger partial charge in [-0.1, -0.05) is 45.0 Å². The molecule has 0 amide bonds. The first-order valence-electron chi connectivity index (χ1n) is 12.5. The summed E-state index contributed by atoms with van der Waals surface area (Å²) in [4.78, 5) is 13.5. The maximum Gasteiger partial charge on any atom is 0.138 e. The van der Waals surface area contributed by atoms with Crippen molar-refractivity contribution in [2.75, 3.05) is 25.0 Å². The molecule has 4 rings (SSSR count). The Labute approximate surface area is 211 Å². The first kappa shape index (κ1) is 27.0. The normalized spacial score (nSPS) is 14.2. The number of anilines is 1. The molecule has 1 saturated carbocycles. The Morgan fingerprint density at radius 1 is 1.26 bits per heavy atom. The first-order chi connectivity index (χ1) is 17.1. The van der Waals surface area contributed by atoms with Crippen molar-refractivity contribution in [2.24, 2.45) is 0 Å². The number of halogens is 2. The van der Waals surface area contributed by atoms with Crippen LogP contribution in [0.4, 0.5) is 14.6 Å². The van der Waals surface area contributed by atoms with Gasteiger partial charge in [0.1, 0.15) is 29.0 Å². The van der Waals surface area contributed by atoms with E-state index in [2.05, 4.69) is 38.1 Å². The monoisotopic (exact) mass is 501 g/mol. The van der Waals surface area contributed by atoms with Crippen LogP contribution in [0.25, 0.3) is 10.2 Å². The molecule has 5 nitrogen and oxygen atoms in total. The number of aromatic nitrogens is 2. The second-order valence-electron chi connectivity index (χ2n) is 8.47. The molecule has 1 atom stereocenters. The Morgan fingerprint density at radius 2 is 2.06 bits per heavy atom. The van der Waals surface area contributed by atoms with E-state index in [0.717, 1.165) is 36.3 Å². The molecule has 1 aliphatic rings. The molecule has 2 aromatic heterocycles. The third-order valence-corrected chi connectivity index (χ3v) is 7.39. The van der Waals surface area contributed by atoms with Crippen LogP contribution in [0.5, 0.6) is 0 Å². The molecule has 0 bridgehead atoms. The number of nitrogens with one attached hydrogen (secondary N) is 2. The van der Waals surface area contributed by atoms with Gasteiger partial charge in [-0.2, -0.15) is 0 Å². The lowest BCUT2D eigenvalue weighted by Gasteiger charge is -2.37. The summed E-state index contributed by atoms with van der Waals surface area (Å²) in [6.07, 6.45) is 6.76. The molecule has 1 aromatic carbocycles. The smallest absolute Gasteiger partial charge is 0.138 e. The zero-order valence-corrected chi connectivity index (χ0v) is 21.8. The molecule has 1 aliphatic carbocycles. The van der Waals surface area contributed by atoms with Gasteiger partial charge in [-0.15, -0.1) is 11.3 Å². The Balaban J connectivity index is 0.00000167. The van der Waals surface area contributed by atoms with E-state index < -0.39 is 12.0 Å². The number of fused-ring (bicyclic) bond motifs is 1. The van der Waals surface area contributed by atoms with Crippen molar-refractivity contribution >= 4 is 27.4 Å². The maximum atomic E-state index is 14.6. The van der Waals surface area contributed by atoms with Crippen LogP contribution in [-0.4, -0.2) is 40.5 Å². The highest BCUT2D eigenvalue weighted by Crippen LogP contribution is 2.30. The Kier molecular flexibility index (Phi) is 10.4. The summed E-state index contributed by atoms with van der Waals surface area (Å²) in [5, 5.41) is 7.37. The second kappa shape index (κ2) is 13.5. The Morgan fingerprint density at radius 3 is 2.74 bits per heavy atom. The van der Waals surface area contributed by atoms with E-state index in [1.807, 2.05) is 13.8 Å². The molecule has 2 heterocycles. The number of benzene rings is 1. The average molecular weight is 502 g/mol. The van der Waals surface area contributed by atoms with E-state index in [-0.39, 0.29) is 12.1 Å². The molecular weight excluding hydrogens is 464 g/mol. The van der Waals surface area contributed by atoms with Gasteiger partial charge in [0.15, 0.2) is 0 Å². The summed E-state index contributed by atoms with van der Waals surface area (Å²) in [5.41, 5.74) is 0.503. The van der Waals surface area contributed by atoms with E-state index in [0.29, 0.717) is 17.4 Å². The fourth-order valence-electron chi connectivity index (χ4n) is 4.18. The molecule has 0 saturated heterocycles. The van der Waals surface area contributed by atoms with Crippen LogP contribution in [0.2, 0.25) is 0 Å². The van der Waals surface area contributed by atoms with Gasteiger partial charge < -0.3 is 10.6 Å². The van der Waals surface area contributed by atoms with E-state index in [1.54, 1.807) is 29.7 Å². The Hall–Kier alpha value is -2.58. The van der Waals surface area contributed by atoms with Crippen molar-refractivity contribution in [1.82, 2.24) is 20.2 Å². The van der Waals surface area contributed by atoms with Gasteiger partial charge in [-0.25, -0.2) is 18.7 Å². The van der Waals surface area contributed by atoms with Crippen LogP contribution in [0, 0.1) is 5.82 Å². The molecule has 190 valence electrons. The largest absolute Gasteiger partial charge is 0.390 e. The van der Waals surface area contributed by atoms with Gasteiger partial charge in [0.2, 0.25) is 0 Å². The zero-order valence-electron chi connectivity index (χ0n) is 21.0. The van der Waals surface area contributed by atoms with Crippen molar-refractivity contribution in [2.45, 2.75) is 65.2 Å². The molecule has 3 aromatic rings. The second-order valence-corrected chi connectivity index (χ2v) is 9.59. The van der Waals surface area contributed by atoms with Crippen molar-refractivity contribution in [3.05, 3.63) is 65.2 Å². The van der Waals surface area contributed by atoms with E-state index in [9.17, 15) is 8.78 Å². The lowest BCUT2D eigenvalue weighted by atomic mass is 9.91. The number of hydrogen-bond donors (Lipinski definition) is 2. The summed E-state index contributed by atoms with van der Waals surface area (Å²) in [5.74, 6) is 0.171. The average Bonchev–Trinajstić information content (AvgIpc) is 3.25. The van der Waals surface area contributed by atoms with Crippen LogP contribution in [0.15, 0.2) is 43.4 Å². The van der Waals surface area contributed by atoms with Crippen LogP contribution in [0.3, 0.4) is 0 Å². The van der Waals surface area contributed by atoms with Crippen molar-refractivity contribution in [3.8, 4) is 0 Å². The Bertz CT molecular complexity index is 1080. The lowest BCUT2D eigenvalue weighted by Crippen LogP contribution is -2.44. The number of thiophene rings is 1. The molecule has 8 heteroatoms. The van der Waals surface area contributed by atoms with E-state index in [4.69, 9.17) is 0 Å². The quantitative estimate of drug-likeness (QED) is 0.273. The molecule has 35 heavy (non-hydrogen) atoms. The SMILES string of the molecule is C=CNCCN(CCc1cc2c(NCc3cccc(C(C)F)c3F)ncnc2s1)C1CCC1.CC. The van der Waals surface area contributed by atoms with Crippen LogP contribution >= 0.6 is 11.3 Å². The predicted molar refractivity (Wildman–Crippen MR) is 143 cm³/mol. The van der Waals surface area contributed by atoms with Crippen molar-refractivity contribution in [1.29, 1.82) is 0 Å². The zero-order chi connectivity index (χ0) is 25.2.